The van der Waals surface area contributed by atoms with Crippen molar-refractivity contribution in [3.63, 3.8) is 0 Å². The maximum Gasteiger partial charge on any atom is 0.0797 e. The van der Waals surface area contributed by atoms with Crippen LogP contribution < -0.4 is 4.90 Å². The molecule has 0 aromatic heterocycles. The van der Waals surface area contributed by atoms with Crippen LogP contribution in [0.25, 0.3) is 0 Å². The molecule has 76 valence electrons. The molecule has 1 aliphatic rings. The second-order valence-electron chi connectivity index (χ2n) is 4.06. The molecule has 2 nitrogen and oxygen atoms in total. The van der Waals surface area contributed by atoms with E-state index in [4.69, 9.17) is 11.8 Å². The third-order valence-electron chi connectivity index (χ3n) is 2.82. The lowest BCUT2D eigenvalue weighted by atomic mass is 9.93. The van der Waals surface area contributed by atoms with Crippen molar-refractivity contribution in [2.75, 3.05) is 20.1 Å². The lowest BCUT2D eigenvalue weighted by molar-refractivity contribution is -0.888. The summed E-state index contributed by atoms with van der Waals surface area (Å²) in [5.74, 6) is 1.05. The summed E-state index contributed by atoms with van der Waals surface area (Å²) < 4.78 is 0. The lowest BCUT2D eigenvalue weighted by Gasteiger charge is -2.26. The Balaban J connectivity index is 0.000000671. The Labute approximate surface area is 82.5 Å². The van der Waals surface area contributed by atoms with E-state index in [1.807, 2.05) is 0 Å². The zero-order valence-corrected chi connectivity index (χ0v) is 8.97. The number of rotatable bonds is 3. The number of piperidine rings is 1. The summed E-state index contributed by atoms with van der Waals surface area (Å²) in [5.41, 5.74) is 0. The Morgan fingerprint density at radius 1 is 1.46 bits per heavy atom. The Hall–Kier alpha value is -0.550. The second kappa shape index (κ2) is 8.07. The maximum atomic E-state index is 6.25. The van der Waals surface area contributed by atoms with Crippen LogP contribution >= 0.6 is 0 Å². The number of nitrogens with one attached hydrogen (secondary N) is 1. The van der Waals surface area contributed by atoms with Gasteiger partial charge in [-0.1, -0.05) is 19.8 Å². The zero-order chi connectivity index (χ0) is 10.1. The molecule has 13 heavy (non-hydrogen) atoms. The van der Waals surface area contributed by atoms with E-state index < -0.39 is 0 Å². The molecule has 1 N–H and O–H groups in total. The third kappa shape index (κ3) is 5.65. The Kier molecular flexibility index (Phi) is 7.73. The van der Waals surface area contributed by atoms with E-state index >= 15 is 0 Å². The molecule has 0 radical (unpaired) electrons. The van der Waals surface area contributed by atoms with Gasteiger partial charge in [0.15, 0.2) is 0 Å². The number of hydrogen-bond acceptors (Lipinski definition) is 1. The van der Waals surface area contributed by atoms with E-state index in [9.17, 15) is 0 Å². The van der Waals surface area contributed by atoms with Crippen LogP contribution in [0, 0.1) is 17.8 Å². The van der Waals surface area contributed by atoms with Crippen molar-refractivity contribution >= 4 is 0 Å². The number of quaternary nitrogens is 1. The van der Waals surface area contributed by atoms with Crippen LogP contribution in [0.4, 0.5) is 0 Å². The first-order valence-corrected chi connectivity index (χ1v) is 5.36. The fraction of sp³-hybridized carbons (Fsp3) is 0.909. The maximum absolute atomic E-state index is 6.25. The zero-order valence-electron chi connectivity index (χ0n) is 8.97. The molecule has 1 rings (SSSR count). The van der Waals surface area contributed by atoms with E-state index in [2.05, 4.69) is 14.0 Å². The summed E-state index contributed by atoms with van der Waals surface area (Å²) in [5, 5.41) is 6.25. The van der Waals surface area contributed by atoms with Gasteiger partial charge in [0.25, 0.3) is 0 Å². The first-order chi connectivity index (χ1) is 6.33. The van der Waals surface area contributed by atoms with Gasteiger partial charge in [-0.05, 0) is 19.3 Å². The van der Waals surface area contributed by atoms with Crippen molar-refractivity contribution in [2.24, 2.45) is 5.92 Å². The molecule has 0 saturated carbocycles. The minimum Gasteiger partial charge on any atom is -0.512 e. The van der Waals surface area contributed by atoms with Crippen molar-refractivity contribution in [3.05, 3.63) is 6.57 Å². The van der Waals surface area contributed by atoms with Gasteiger partial charge in [0.1, 0.15) is 0 Å². The van der Waals surface area contributed by atoms with Crippen molar-refractivity contribution < 1.29 is 4.90 Å². The first-order valence-electron chi connectivity index (χ1n) is 5.36. The smallest absolute Gasteiger partial charge is 0.0797 e. The van der Waals surface area contributed by atoms with Crippen molar-refractivity contribution in [3.8, 4) is 0 Å². The van der Waals surface area contributed by atoms with Gasteiger partial charge in [-0.3, -0.25) is 0 Å². The van der Waals surface area contributed by atoms with Gasteiger partial charge in [-0.15, -0.1) is 0 Å². The number of hydrogen-bond donors (Lipinski definition) is 1. The molecular formula is C11H22N2. The SMILES string of the molecule is CCCCC1CCC[NH+](C)C1.[C-]#N. The van der Waals surface area contributed by atoms with Crippen LogP contribution in [0.15, 0.2) is 0 Å². The summed E-state index contributed by atoms with van der Waals surface area (Å²) in [4.78, 5) is 1.75. The predicted octanol–water partition coefficient (Wildman–Crippen LogP) is 1.20. The quantitative estimate of drug-likeness (QED) is 0.653. The van der Waals surface area contributed by atoms with E-state index in [0.29, 0.717) is 0 Å². The van der Waals surface area contributed by atoms with Crippen LogP contribution in [0.1, 0.15) is 39.0 Å². The highest BCUT2D eigenvalue weighted by atomic mass is 15.1. The molecular weight excluding hydrogens is 160 g/mol. The third-order valence-corrected chi connectivity index (χ3v) is 2.82. The lowest BCUT2D eigenvalue weighted by Crippen LogP contribution is -3.10. The molecule has 1 heterocycles. The van der Waals surface area contributed by atoms with Gasteiger partial charge in [-0.25, -0.2) is 0 Å². The largest absolute Gasteiger partial charge is 0.512 e. The summed E-state index contributed by atoms with van der Waals surface area (Å²) in [7, 11) is 2.33. The van der Waals surface area contributed by atoms with E-state index in [-0.39, 0.29) is 0 Å². The Bertz CT molecular complexity index is 131. The first kappa shape index (κ1) is 12.4. The highest BCUT2D eigenvalue weighted by molar-refractivity contribution is 4.60. The Morgan fingerprint density at radius 2 is 2.15 bits per heavy atom. The van der Waals surface area contributed by atoms with Crippen molar-refractivity contribution in [1.82, 2.24) is 0 Å². The minimum atomic E-state index is 1.05. The molecule has 0 bridgehead atoms. The minimum absolute atomic E-state index is 1.05. The van der Waals surface area contributed by atoms with Gasteiger partial charge >= 0.3 is 0 Å². The summed E-state index contributed by atoms with van der Waals surface area (Å²) in [6.45, 7) is 9.88. The number of nitrogens with zero attached hydrogens (tertiary/aromatic N) is 1. The van der Waals surface area contributed by atoms with Gasteiger partial charge in [0.05, 0.1) is 20.1 Å². The average molecular weight is 182 g/mol. The number of unbranched alkanes of at least 4 members (excludes halogenated alkanes) is 1. The topological polar surface area (TPSA) is 28.2 Å². The monoisotopic (exact) mass is 182 g/mol. The van der Waals surface area contributed by atoms with E-state index in [1.54, 1.807) is 4.90 Å². The molecule has 2 heteroatoms. The summed E-state index contributed by atoms with van der Waals surface area (Å²) in [6, 6.07) is 0. The summed E-state index contributed by atoms with van der Waals surface area (Å²) in [6.07, 6.45) is 7.25. The van der Waals surface area contributed by atoms with Crippen LogP contribution in [0.2, 0.25) is 0 Å². The molecule has 1 fully saturated rings. The van der Waals surface area contributed by atoms with Gasteiger partial charge < -0.3 is 16.7 Å². The van der Waals surface area contributed by atoms with Crippen LogP contribution in [0.3, 0.4) is 0 Å². The van der Waals surface area contributed by atoms with Crippen molar-refractivity contribution in [1.29, 1.82) is 5.26 Å². The molecule has 0 aliphatic carbocycles. The average Bonchev–Trinajstić information content (AvgIpc) is 2.18. The van der Waals surface area contributed by atoms with Gasteiger partial charge in [0.2, 0.25) is 0 Å². The van der Waals surface area contributed by atoms with Gasteiger partial charge in [-0.2, -0.15) is 0 Å². The molecule has 2 unspecified atom stereocenters. The normalized spacial score (nSPS) is 27.4. The molecule has 1 aliphatic heterocycles. The summed E-state index contributed by atoms with van der Waals surface area (Å²) >= 11 is 0. The highest BCUT2D eigenvalue weighted by Crippen LogP contribution is 2.14. The molecule has 0 aromatic carbocycles. The van der Waals surface area contributed by atoms with E-state index in [0.717, 1.165) is 5.92 Å². The highest BCUT2D eigenvalue weighted by Gasteiger charge is 2.18. The molecule has 0 amide bonds. The number of likely N-dealkylation sites (tertiary alicyclic amines) is 1. The molecule has 1 saturated heterocycles. The molecule has 0 spiro atoms. The van der Waals surface area contributed by atoms with Crippen molar-refractivity contribution in [2.45, 2.75) is 39.0 Å². The predicted molar refractivity (Wildman–Crippen MR) is 53.8 cm³/mol. The second-order valence-corrected chi connectivity index (χ2v) is 4.06. The van der Waals surface area contributed by atoms with Crippen LogP contribution in [0.5, 0.6) is 0 Å². The van der Waals surface area contributed by atoms with Gasteiger partial charge in [0, 0.05) is 5.92 Å². The Morgan fingerprint density at radius 3 is 2.69 bits per heavy atom. The molecule has 0 aromatic rings. The van der Waals surface area contributed by atoms with E-state index in [1.165, 1.54) is 45.2 Å². The molecule has 2 atom stereocenters. The fourth-order valence-corrected chi connectivity index (χ4v) is 2.13. The fourth-order valence-electron chi connectivity index (χ4n) is 2.13. The van der Waals surface area contributed by atoms with Crippen LogP contribution in [-0.4, -0.2) is 20.1 Å². The standard InChI is InChI=1S/C10H21N.CN/c1-3-4-6-10-7-5-8-11(2)9-10;1-2/h10H,3-9H2,1-2H3;/q;-1/p+1. The van der Waals surface area contributed by atoms with Crippen LogP contribution in [-0.2, 0) is 0 Å².